The van der Waals surface area contributed by atoms with E-state index in [1.165, 1.54) is 0 Å². The zero-order valence-corrected chi connectivity index (χ0v) is 16.1. The maximum absolute atomic E-state index is 12.9. The maximum atomic E-state index is 12.9. The summed E-state index contributed by atoms with van der Waals surface area (Å²) >= 11 is 0. The van der Waals surface area contributed by atoms with Gasteiger partial charge < -0.3 is 15.2 Å². The number of nitrogens with one attached hydrogen (secondary N) is 2. The number of pyridine rings is 1. The lowest BCUT2D eigenvalue weighted by molar-refractivity contribution is 0.102. The summed E-state index contributed by atoms with van der Waals surface area (Å²) in [7, 11) is 0. The number of hydrogen-bond donors (Lipinski definition) is 2. The molecule has 5 rings (SSSR count). The van der Waals surface area contributed by atoms with Crippen LogP contribution in [0, 0.1) is 13.8 Å². The van der Waals surface area contributed by atoms with Gasteiger partial charge in [-0.25, -0.2) is 4.98 Å². The lowest BCUT2D eigenvalue weighted by Crippen LogP contribution is -2.40. The minimum Gasteiger partial charge on any atom is -0.339 e. The molecule has 3 aromatic heterocycles. The van der Waals surface area contributed by atoms with Crippen molar-refractivity contribution in [2.45, 2.75) is 19.8 Å². The van der Waals surface area contributed by atoms with Gasteiger partial charge in [-0.3, -0.25) is 9.20 Å². The molecule has 8 nitrogen and oxygen atoms in total. The van der Waals surface area contributed by atoms with Crippen molar-refractivity contribution in [1.82, 2.24) is 24.8 Å². The van der Waals surface area contributed by atoms with Gasteiger partial charge in [0.2, 0.25) is 11.7 Å². The number of anilines is 1. The zero-order chi connectivity index (χ0) is 20.0. The van der Waals surface area contributed by atoms with E-state index in [-0.39, 0.29) is 11.8 Å². The predicted molar refractivity (Wildman–Crippen MR) is 108 cm³/mol. The Hall–Kier alpha value is -3.52. The van der Waals surface area contributed by atoms with Crippen molar-refractivity contribution in [2.24, 2.45) is 0 Å². The van der Waals surface area contributed by atoms with E-state index in [1.54, 1.807) is 10.6 Å². The number of aromatic nitrogens is 4. The molecule has 0 aliphatic carbocycles. The van der Waals surface area contributed by atoms with Gasteiger partial charge in [0.05, 0.1) is 12.1 Å². The summed E-state index contributed by atoms with van der Waals surface area (Å²) in [4.78, 5) is 21.7. The van der Waals surface area contributed by atoms with Crippen molar-refractivity contribution in [1.29, 1.82) is 0 Å². The summed E-state index contributed by atoms with van der Waals surface area (Å²) < 4.78 is 7.19. The Kier molecular flexibility index (Phi) is 4.13. The van der Waals surface area contributed by atoms with E-state index in [0.717, 1.165) is 35.4 Å². The Morgan fingerprint density at radius 1 is 1.24 bits per heavy atom. The van der Waals surface area contributed by atoms with Crippen molar-refractivity contribution in [2.75, 3.05) is 18.4 Å². The monoisotopic (exact) mass is 388 g/mol. The molecule has 8 heteroatoms. The van der Waals surface area contributed by atoms with Crippen molar-refractivity contribution in [3.8, 4) is 11.4 Å². The number of carbonyl (C=O) groups excluding carboxylic acids is 1. The molecule has 29 heavy (non-hydrogen) atoms. The number of fused-ring (bicyclic) bond motifs is 1. The second-order valence-corrected chi connectivity index (χ2v) is 7.37. The molecule has 4 heterocycles. The van der Waals surface area contributed by atoms with E-state index in [0.29, 0.717) is 23.1 Å². The van der Waals surface area contributed by atoms with Gasteiger partial charge in [0.25, 0.3) is 5.91 Å². The highest BCUT2D eigenvalue weighted by Gasteiger charge is 2.25. The molecule has 0 radical (unpaired) electrons. The van der Waals surface area contributed by atoms with E-state index < -0.39 is 0 Å². The van der Waals surface area contributed by atoms with Gasteiger partial charge in [0, 0.05) is 30.5 Å². The lowest BCUT2D eigenvalue weighted by atomic mass is 10.0. The molecule has 0 unspecified atom stereocenters. The Balaban J connectivity index is 1.43. The normalized spacial score (nSPS) is 14.1. The molecule has 4 aromatic rings. The smallest absolute Gasteiger partial charge is 0.274 e. The van der Waals surface area contributed by atoms with Gasteiger partial charge in [-0.1, -0.05) is 23.4 Å². The summed E-state index contributed by atoms with van der Waals surface area (Å²) in [6.07, 6.45) is 3.48. The standard InChI is InChI=1S/C21H20N6O2/c1-12-3-6-18-23-10-17(27(18)11-12)20(28)24-16-7-14(5-4-13(16)2)19-25-21(29-26-19)15-8-22-9-15/h3-7,10-11,15,22H,8-9H2,1-2H3,(H,24,28). The molecule has 1 amide bonds. The van der Waals surface area contributed by atoms with Crippen LogP contribution in [0.5, 0.6) is 0 Å². The molecule has 0 bridgehead atoms. The van der Waals surface area contributed by atoms with Crippen molar-refractivity contribution < 1.29 is 9.32 Å². The van der Waals surface area contributed by atoms with Gasteiger partial charge in [-0.05, 0) is 37.1 Å². The van der Waals surface area contributed by atoms with Gasteiger partial charge in [-0.2, -0.15) is 4.98 Å². The Morgan fingerprint density at radius 2 is 2.10 bits per heavy atom. The molecule has 2 N–H and O–H groups in total. The maximum Gasteiger partial charge on any atom is 0.274 e. The first-order valence-electron chi connectivity index (χ1n) is 9.49. The number of amides is 1. The molecule has 1 saturated heterocycles. The largest absolute Gasteiger partial charge is 0.339 e. The summed E-state index contributed by atoms with van der Waals surface area (Å²) in [5.74, 6) is 1.22. The topological polar surface area (TPSA) is 97.4 Å². The molecule has 0 spiro atoms. The molecule has 1 aliphatic heterocycles. The van der Waals surface area contributed by atoms with Crippen LogP contribution >= 0.6 is 0 Å². The third-order valence-corrected chi connectivity index (χ3v) is 5.20. The average Bonchev–Trinajstić information content (AvgIpc) is 3.29. The predicted octanol–water partition coefficient (Wildman–Crippen LogP) is 2.94. The first kappa shape index (κ1) is 17.6. The number of imidazole rings is 1. The molecule has 1 aromatic carbocycles. The molecule has 0 saturated carbocycles. The van der Waals surface area contributed by atoms with Crippen molar-refractivity contribution >= 4 is 17.2 Å². The van der Waals surface area contributed by atoms with Crippen LogP contribution in [0.2, 0.25) is 0 Å². The Morgan fingerprint density at radius 3 is 2.90 bits per heavy atom. The highest BCUT2D eigenvalue weighted by Crippen LogP contribution is 2.26. The van der Waals surface area contributed by atoms with E-state index in [2.05, 4.69) is 25.8 Å². The van der Waals surface area contributed by atoms with Crippen LogP contribution in [0.25, 0.3) is 17.0 Å². The average molecular weight is 388 g/mol. The summed E-state index contributed by atoms with van der Waals surface area (Å²) in [5.41, 5.74) is 4.70. The summed E-state index contributed by atoms with van der Waals surface area (Å²) in [6.45, 7) is 5.64. The number of nitrogens with zero attached hydrogens (tertiary/aromatic N) is 4. The summed E-state index contributed by atoms with van der Waals surface area (Å²) in [5, 5.41) is 10.3. The second kappa shape index (κ2) is 6.82. The van der Waals surface area contributed by atoms with Crippen LogP contribution in [0.15, 0.2) is 47.2 Å². The number of carbonyl (C=O) groups is 1. The minimum absolute atomic E-state index is 0.224. The highest BCUT2D eigenvalue weighted by molar-refractivity contribution is 6.04. The van der Waals surface area contributed by atoms with E-state index in [9.17, 15) is 4.79 Å². The third kappa shape index (κ3) is 3.17. The second-order valence-electron chi connectivity index (χ2n) is 7.37. The minimum atomic E-state index is -0.224. The molecular weight excluding hydrogens is 368 g/mol. The fourth-order valence-corrected chi connectivity index (χ4v) is 3.32. The quantitative estimate of drug-likeness (QED) is 0.558. The highest BCUT2D eigenvalue weighted by atomic mass is 16.5. The number of hydrogen-bond acceptors (Lipinski definition) is 6. The number of rotatable bonds is 4. The molecule has 146 valence electrons. The van der Waals surface area contributed by atoms with Gasteiger partial charge in [-0.15, -0.1) is 0 Å². The van der Waals surface area contributed by atoms with Crippen LogP contribution in [0.4, 0.5) is 5.69 Å². The van der Waals surface area contributed by atoms with Gasteiger partial charge >= 0.3 is 0 Å². The first-order valence-corrected chi connectivity index (χ1v) is 9.49. The number of benzene rings is 1. The van der Waals surface area contributed by atoms with Crippen LogP contribution < -0.4 is 10.6 Å². The SMILES string of the molecule is Cc1ccc2ncc(C(=O)Nc3cc(-c4noc(C5CNC5)n4)ccc3C)n2c1. The summed E-state index contributed by atoms with van der Waals surface area (Å²) in [6, 6.07) is 9.59. The lowest BCUT2D eigenvalue weighted by Gasteiger charge is -2.22. The molecule has 0 atom stereocenters. The van der Waals surface area contributed by atoms with Crippen LogP contribution in [0.1, 0.15) is 33.4 Å². The Bertz CT molecular complexity index is 1220. The number of aryl methyl sites for hydroxylation is 2. The third-order valence-electron chi connectivity index (χ3n) is 5.20. The molecular formula is C21H20N6O2. The van der Waals surface area contributed by atoms with E-state index in [4.69, 9.17) is 4.52 Å². The first-order chi connectivity index (χ1) is 14.1. The molecule has 1 aliphatic rings. The molecule has 1 fully saturated rings. The van der Waals surface area contributed by atoms with Crippen LogP contribution in [0.3, 0.4) is 0 Å². The fraction of sp³-hybridized carbons (Fsp3) is 0.238. The van der Waals surface area contributed by atoms with Crippen molar-refractivity contribution in [3.05, 3.63) is 65.4 Å². The van der Waals surface area contributed by atoms with Crippen LogP contribution in [-0.2, 0) is 0 Å². The van der Waals surface area contributed by atoms with Gasteiger partial charge in [0.15, 0.2) is 0 Å². The fourth-order valence-electron chi connectivity index (χ4n) is 3.32. The van der Waals surface area contributed by atoms with Crippen molar-refractivity contribution in [3.63, 3.8) is 0 Å². The zero-order valence-electron chi connectivity index (χ0n) is 16.1. The van der Waals surface area contributed by atoms with E-state index >= 15 is 0 Å². The Labute approximate surface area is 167 Å². The van der Waals surface area contributed by atoms with E-state index in [1.807, 2.05) is 50.4 Å². The van der Waals surface area contributed by atoms with Crippen LogP contribution in [-0.4, -0.2) is 38.5 Å². The van der Waals surface area contributed by atoms with Gasteiger partial charge in [0.1, 0.15) is 11.3 Å².